The molecule has 0 bridgehead atoms. The summed E-state index contributed by atoms with van der Waals surface area (Å²) in [6.07, 6.45) is 0.984. The highest BCUT2D eigenvalue weighted by atomic mass is 127. The topological polar surface area (TPSA) is 58.5 Å². The molecule has 1 heterocycles. The molecule has 1 atom stereocenters. The van der Waals surface area contributed by atoms with Gasteiger partial charge in [-0.1, -0.05) is 6.92 Å². The van der Waals surface area contributed by atoms with E-state index in [1.807, 2.05) is 0 Å². The molecule has 0 aromatic carbocycles. The van der Waals surface area contributed by atoms with E-state index < -0.39 is 0 Å². The SMILES string of the molecule is CCNC(=NCc1csc(CC)n1)NC(C)COC.I. The third-order valence-corrected chi connectivity index (χ3v) is 3.49. The van der Waals surface area contributed by atoms with E-state index in [1.165, 1.54) is 0 Å². The highest BCUT2D eigenvalue weighted by molar-refractivity contribution is 14.0. The summed E-state index contributed by atoms with van der Waals surface area (Å²) in [4.78, 5) is 9.04. The molecular formula is C13H25IN4OS. The van der Waals surface area contributed by atoms with E-state index in [0.29, 0.717) is 13.2 Å². The van der Waals surface area contributed by atoms with Crippen LogP contribution in [-0.4, -0.2) is 37.2 Å². The Morgan fingerprint density at radius 3 is 2.80 bits per heavy atom. The number of ether oxygens (including phenoxy) is 1. The van der Waals surface area contributed by atoms with Gasteiger partial charge in [0.15, 0.2) is 5.96 Å². The maximum Gasteiger partial charge on any atom is 0.191 e. The lowest BCUT2D eigenvalue weighted by Crippen LogP contribution is -2.43. The van der Waals surface area contributed by atoms with Gasteiger partial charge in [0, 0.05) is 25.1 Å². The van der Waals surface area contributed by atoms with Crippen LogP contribution in [0, 0.1) is 0 Å². The fourth-order valence-electron chi connectivity index (χ4n) is 1.59. The third kappa shape index (κ3) is 7.39. The van der Waals surface area contributed by atoms with Gasteiger partial charge in [0.25, 0.3) is 0 Å². The van der Waals surface area contributed by atoms with Crippen molar-refractivity contribution in [2.45, 2.75) is 39.8 Å². The van der Waals surface area contributed by atoms with E-state index >= 15 is 0 Å². The van der Waals surface area contributed by atoms with Crippen molar-refractivity contribution in [2.75, 3.05) is 20.3 Å². The first-order valence-electron chi connectivity index (χ1n) is 6.66. The van der Waals surface area contributed by atoms with E-state index in [-0.39, 0.29) is 30.0 Å². The highest BCUT2D eigenvalue weighted by Crippen LogP contribution is 2.10. The summed E-state index contributed by atoms with van der Waals surface area (Å²) in [6, 6.07) is 0.226. The molecule has 1 unspecified atom stereocenters. The molecule has 0 radical (unpaired) electrons. The van der Waals surface area contributed by atoms with Gasteiger partial charge in [0.1, 0.15) is 0 Å². The van der Waals surface area contributed by atoms with Crippen molar-refractivity contribution in [1.82, 2.24) is 15.6 Å². The molecule has 20 heavy (non-hydrogen) atoms. The Morgan fingerprint density at radius 1 is 1.50 bits per heavy atom. The Bertz CT molecular complexity index is 397. The summed E-state index contributed by atoms with van der Waals surface area (Å²) in [7, 11) is 1.70. The van der Waals surface area contributed by atoms with Gasteiger partial charge in [-0.15, -0.1) is 35.3 Å². The van der Waals surface area contributed by atoms with Crippen LogP contribution in [0.5, 0.6) is 0 Å². The Labute approximate surface area is 142 Å². The Kier molecular flexibility index (Phi) is 11.0. The molecule has 116 valence electrons. The van der Waals surface area contributed by atoms with Crippen LogP contribution in [0.4, 0.5) is 0 Å². The fourth-order valence-corrected chi connectivity index (χ4v) is 2.33. The Hall–Kier alpha value is -0.410. The third-order valence-electron chi connectivity index (χ3n) is 2.44. The van der Waals surface area contributed by atoms with Crippen molar-refractivity contribution in [3.05, 3.63) is 16.1 Å². The van der Waals surface area contributed by atoms with E-state index in [4.69, 9.17) is 4.74 Å². The van der Waals surface area contributed by atoms with Gasteiger partial charge in [0.05, 0.1) is 23.9 Å². The number of guanidine groups is 1. The molecular weight excluding hydrogens is 387 g/mol. The average molecular weight is 412 g/mol. The minimum absolute atomic E-state index is 0. The van der Waals surface area contributed by atoms with Gasteiger partial charge in [0.2, 0.25) is 0 Å². The first kappa shape index (κ1) is 19.6. The molecule has 7 heteroatoms. The lowest BCUT2D eigenvalue weighted by Gasteiger charge is -2.16. The van der Waals surface area contributed by atoms with Gasteiger partial charge >= 0.3 is 0 Å². The summed E-state index contributed by atoms with van der Waals surface area (Å²) in [6.45, 7) is 8.32. The fraction of sp³-hybridized carbons (Fsp3) is 0.692. The number of hydrogen-bond donors (Lipinski definition) is 2. The minimum Gasteiger partial charge on any atom is -0.383 e. The molecule has 5 nitrogen and oxygen atoms in total. The zero-order valence-corrected chi connectivity index (χ0v) is 15.7. The maximum absolute atomic E-state index is 5.11. The quantitative estimate of drug-likeness (QED) is 0.410. The number of nitrogens with one attached hydrogen (secondary N) is 2. The smallest absolute Gasteiger partial charge is 0.191 e. The standard InChI is InChI=1S/C13H24N4OS.HI/c1-5-12-17-11(9-19-12)7-15-13(14-6-2)16-10(3)8-18-4;/h9-10H,5-8H2,1-4H3,(H2,14,15,16);1H. The molecule has 0 saturated heterocycles. The van der Waals surface area contributed by atoms with E-state index in [2.05, 4.69) is 46.8 Å². The van der Waals surface area contributed by atoms with Crippen LogP contribution in [-0.2, 0) is 17.7 Å². The summed E-state index contributed by atoms with van der Waals surface area (Å²) in [5.74, 6) is 0.804. The predicted octanol–water partition coefficient (Wildman–Crippen LogP) is 2.41. The van der Waals surface area contributed by atoms with E-state index in [9.17, 15) is 0 Å². The summed E-state index contributed by atoms with van der Waals surface area (Å²) < 4.78 is 5.11. The number of nitrogens with zero attached hydrogens (tertiary/aromatic N) is 2. The largest absolute Gasteiger partial charge is 0.383 e. The van der Waals surface area contributed by atoms with Crippen molar-refractivity contribution in [1.29, 1.82) is 0 Å². The Balaban J connectivity index is 0.00000361. The zero-order valence-electron chi connectivity index (χ0n) is 12.6. The maximum atomic E-state index is 5.11. The van der Waals surface area contributed by atoms with Crippen molar-refractivity contribution in [2.24, 2.45) is 4.99 Å². The molecule has 1 rings (SSSR count). The first-order valence-corrected chi connectivity index (χ1v) is 7.54. The van der Waals surface area contributed by atoms with Crippen LogP contribution in [0.1, 0.15) is 31.5 Å². The van der Waals surface area contributed by atoms with Crippen LogP contribution < -0.4 is 10.6 Å². The number of rotatable bonds is 7. The molecule has 0 aliphatic heterocycles. The second-order valence-corrected chi connectivity index (χ2v) is 5.22. The lowest BCUT2D eigenvalue weighted by atomic mass is 10.4. The molecule has 0 amide bonds. The van der Waals surface area contributed by atoms with Gasteiger partial charge < -0.3 is 15.4 Å². The summed E-state index contributed by atoms with van der Waals surface area (Å²) in [5.41, 5.74) is 1.03. The number of methoxy groups -OCH3 is 1. The molecule has 0 fully saturated rings. The molecule has 1 aromatic heterocycles. The molecule has 2 N–H and O–H groups in total. The molecule has 1 aromatic rings. The van der Waals surface area contributed by atoms with Crippen molar-refractivity contribution in [3.63, 3.8) is 0 Å². The molecule has 0 saturated carbocycles. The van der Waals surface area contributed by atoms with Gasteiger partial charge in [-0.2, -0.15) is 0 Å². The normalized spacial score (nSPS) is 12.7. The zero-order chi connectivity index (χ0) is 14.1. The van der Waals surface area contributed by atoms with Gasteiger partial charge in [-0.25, -0.2) is 9.98 Å². The first-order chi connectivity index (χ1) is 9.19. The van der Waals surface area contributed by atoms with Crippen LogP contribution in [0.2, 0.25) is 0 Å². The van der Waals surface area contributed by atoms with Gasteiger partial charge in [-0.3, -0.25) is 0 Å². The van der Waals surface area contributed by atoms with Crippen molar-refractivity contribution in [3.8, 4) is 0 Å². The predicted molar refractivity (Wildman–Crippen MR) is 96.2 cm³/mol. The molecule has 0 aliphatic carbocycles. The van der Waals surface area contributed by atoms with E-state index in [0.717, 1.165) is 29.6 Å². The summed E-state index contributed by atoms with van der Waals surface area (Å²) >= 11 is 1.70. The molecule has 0 aliphatic rings. The second kappa shape index (κ2) is 11.3. The van der Waals surface area contributed by atoms with Crippen molar-refractivity contribution < 1.29 is 4.74 Å². The van der Waals surface area contributed by atoms with Crippen LogP contribution in [0.3, 0.4) is 0 Å². The highest BCUT2D eigenvalue weighted by Gasteiger charge is 2.05. The average Bonchev–Trinajstić information content (AvgIpc) is 2.84. The minimum atomic E-state index is 0. The van der Waals surface area contributed by atoms with Crippen LogP contribution >= 0.6 is 35.3 Å². The monoisotopic (exact) mass is 412 g/mol. The number of halogens is 1. The summed E-state index contributed by atoms with van der Waals surface area (Å²) in [5, 5.41) is 9.76. The number of thiazole rings is 1. The van der Waals surface area contributed by atoms with E-state index in [1.54, 1.807) is 18.4 Å². The number of hydrogen-bond acceptors (Lipinski definition) is 4. The lowest BCUT2D eigenvalue weighted by molar-refractivity contribution is 0.179. The molecule has 0 spiro atoms. The number of aliphatic imine (C=N–C) groups is 1. The Morgan fingerprint density at radius 2 is 2.25 bits per heavy atom. The number of aryl methyl sites for hydroxylation is 1. The van der Waals surface area contributed by atoms with Crippen molar-refractivity contribution >= 4 is 41.3 Å². The second-order valence-electron chi connectivity index (χ2n) is 4.28. The number of aromatic nitrogens is 1. The van der Waals surface area contributed by atoms with Crippen LogP contribution in [0.25, 0.3) is 0 Å². The van der Waals surface area contributed by atoms with Crippen LogP contribution in [0.15, 0.2) is 10.4 Å². The van der Waals surface area contributed by atoms with Gasteiger partial charge in [-0.05, 0) is 20.3 Å².